The Morgan fingerprint density at radius 3 is 2.26 bits per heavy atom. The van der Waals surface area contributed by atoms with Gasteiger partial charge in [0, 0.05) is 6.07 Å². The van der Waals surface area contributed by atoms with E-state index in [-0.39, 0.29) is 18.5 Å². The normalized spacial score (nSPS) is 12.3. The number of hydrogen-bond acceptors (Lipinski definition) is 8. The lowest BCUT2D eigenvalue weighted by atomic mass is 10.1. The molecule has 0 saturated heterocycles. The van der Waals surface area contributed by atoms with Crippen LogP contribution in [0, 0.1) is 10.1 Å². The van der Waals surface area contributed by atoms with Crippen LogP contribution in [0.15, 0.2) is 17.0 Å². The zero-order valence-electron chi connectivity index (χ0n) is 12.0. The van der Waals surface area contributed by atoms with Gasteiger partial charge in [-0.05, 0) is 24.9 Å². The van der Waals surface area contributed by atoms with Crippen LogP contribution >= 0.6 is 0 Å². The summed E-state index contributed by atoms with van der Waals surface area (Å²) < 4.78 is 54.9. The van der Waals surface area contributed by atoms with Gasteiger partial charge in [0.15, 0.2) is 9.84 Å². The molecule has 10 nitrogen and oxygen atoms in total. The summed E-state index contributed by atoms with van der Waals surface area (Å²) in [4.78, 5) is 9.61. The monoisotopic (exact) mass is 367 g/mol. The maximum Gasteiger partial charge on any atom is 0.293 e. The summed E-state index contributed by atoms with van der Waals surface area (Å²) >= 11 is 0. The minimum atomic E-state index is -4.51. The van der Waals surface area contributed by atoms with Crippen LogP contribution in [0.4, 0.5) is 11.4 Å². The van der Waals surface area contributed by atoms with Gasteiger partial charge in [0.25, 0.3) is 15.8 Å². The van der Waals surface area contributed by atoms with E-state index < -0.39 is 52.7 Å². The number of sulfone groups is 1. The van der Waals surface area contributed by atoms with Crippen molar-refractivity contribution in [1.29, 1.82) is 0 Å². The highest BCUT2D eigenvalue weighted by Gasteiger charge is 2.28. The van der Waals surface area contributed by atoms with Gasteiger partial charge < -0.3 is 11.5 Å². The first kappa shape index (κ1) is 19.3. The van der Waals surface area contributed by atoms with Crippen LogP contribution < -0.4 is 11.5 Å². The Bertz CT molecular complexity index is 803. The molecular formula is C11H17N3O7S2. The van der Waals surface area contributed by atoms with Gasteiger partial charge in [-0.2, -0.15) is 8.42 Å². The van der Waals surface area contributed by atoms with Gasteiger partial charge in [0.1, 0.15) is 10.6 Å². The van der Waals surface area contributed by atoms with Crippen LogP contribution in [0.1, 0.15) is 12.0 Å². The van der Waals surface area contributed by atoms with Gasteiger partial charge in [-0.25, -0.2) is 8.42 Å². The number of nitro groups is 1. The predicted molar refractivity (Wildman–Crippen MR) is 83.4 cm³/mol. The lowest BCUT2D eigenvalue weighted by molar-refractivity contribution is -0.384. The number of nitrogen functional groups attached to an aromatic ring is 1. The zero-order chi connectivity index (χ0) is 17.8. The first-order chi connectivity index (χ1) is 10.5. The lowest BCUT2D eigenvalue weighted by Gasteiger charge is -2.13. The third kappa shape index (κ3) is 5.13. The molecule has 0 fully saturated rings. The average Bonchev–Trinajstić information content (AvgIpc) is 2.41. The van der Waals surface area contributed by atoms with E-state index in [4.69, 9.17) is 16.0 Å². The van der Waals surface area contributed by atoms with Crippen molar-refractivity contribution in [3.05, 3.63) is 27.8 Å². The van der Waals surface area contributed by atoms with E-state index in [0.29, 0.717) is 6.42 Å². The Hall–Kier alpha value is -1.76. The molecule has 0 spiro atoms. The Labute approximate surface area is 133 Å². The van der Waals surface area contributed by atoms with E-state index in [1.807, 2.05) is 0 Å². The van der Waals surface area contributed by atoms with E-state index in [1.165, 1.54) is 6.07 Å². The molecule has 12 heteroatoms. The fourth-order valence-corrected chi connectivity index (χ4v) is 4.90. The van der Waals surface area contributed by atoms with Crippen molar-refractivity contribution >= 4 is 31.3 Å². The summed E-state index contributed by atoms with van der Waals surface area (Å²) in [6, 6.07) is 2.34. The van der Waals surface area contributed by atoms with E-state index >= 15 is 0 Å². The standard InChI is InChI=1S/C11H17N3O7S2/c12-5-1-2-8-3-4-9(14(15)16)10(13)11(8)22(17,18)6-7-23(19,20)21/h3-4H,1-2,5-7,12-13H2,(H,19,20,21). The molecule has 1 aromatic rings. The third-order valence-electron chi connectivity index (χ3n) is 3.02. The van der Waals surface area contributed by atoms with Crippen molar-refractivity contribution in [1.82, 2.24) is 0 Å². The molecule has 1 aromatic carbocycles. The second kappa shape index (κ2) is 7.21. The SMILES string of the molecule is NCCCc1ccc([N+](=O)[O-])c(N)c1S(=O)(=O)CCS(=O)(=O)O. The van der Waals surface area contributed by atoms with Crippen LogP contribution in [0.2, 0.25) is 0 Å². The topological polar surface area (TPSA) is 184 Å². The quantitative estimate of drug-likeness (QED) is 0.241. The molecule has 0 bridgehead atoms. The molecule has 0 radical (unpaired) electrons. The predicted octanol–water partition coefficient (Wildman–Crippen LogP) is -0.270. The van der Waals surface area contributed by atoms with E-state index in [2.05, 4.69) is 0 Å². The summed E-state index contributed by atoms with van der Waals surface area (Å²) in [5, 5.41) is 10.9. The molecule has 130 valence electrons. The highest BCUT2D eigenvalue weighted by atomic mass is 32.2. The maximum atomic E-state index is 12.3. The number of nitrogens with two attached hydrogens (primary N) is 2. The molecule has 0 heterocycles. The van der Waals surface area contributed by atoms with Crippen molar-refractivity contribution < 1.29 is 26.3 Å². The van der Waals surface area contributed by atoms with E-state index in [9.17, 15) is 26.9 Å². The summed E-state index contributed by atoms with van der Waals surface area (Å²) in [7, 11) is -8.76. The van der Waals surface area contributed by atoms with Crippen LogP contribution in [-0.4, -0.2) is 44.4 Å². The average molecular weight is 367 g/mol. The highest BCUT2D eigenvalue weighted by Crippen LogP contribution is 2.33. The van der Waals surface area contributed by atoms with Gasteiger partial charge in [-0.3, -0.25) is 14.7 Å². The molecule has 5 N–H and O–H groups in total. The van der Waals surface area contributed by atoms with Crippen molar-refractivity contribution in [2.24, 2.45) is 5.73 Å². The first-order valence-electron chi connectivity index (χ1n) is 6.43. The summed E-state index contributed by atoms with van der Waals surface area (Å²) in [5.41, 5.74) is 10.1. The van der Waals surface area contributed by atoms with E-state index in [0.717, 1.165) is 6.07 Å². The van der Waals surface area contributed by atoms with Gasteiger partial charge in [-0.1, -0.05) is 6.07 Å². The van der Waals surface area contributed by atoms with Gasteiger partial charge in [-0.15, -0.1) is 0 Å². The first-order valence-corrected chi connectivity index (χ1v) is 9.69. The van der Waals surface area contributed by atoms with Crippen molar-refractivity contribution in [3.8, 4) is 0 Å². The minimum absolute atomic E-state index is 0.207. The number of nitrogens with zero attached hydrogens (tertiary/aromatic N) is 1. The Balaban J connectivity index is 3.44. The summed E-state index contributed by atoms with van der Waals surface area (Å²) in [6.07, 6.45) is 0.622. The molecule has 0 saturated carbocycles. The molecule has 0 atom stereocenters. The molecule has 1 rings (SSSR count). The number of hydrogen-bond donors (Lipinski definition) is 3. The van der Waals surface area contributed by atoms with Crippen LogP contribution in [-0.2, 0) is 26.4 Å². The number of aryl methyl sites for hydroxylation is 1. The highest BCUT2D eigenvalue weighted by molar-refractivity contribution is 7.93. The number of nitro benzene ring substituents is 1. The zero-order valence-corrected chi connectivity index (χ0v) is 13.6. The molecular weight excluding hydrogens is 350 g/mol. The molecule has 0 aliphatic heterocycles. The second-order valence-corrected chi connectivity index (χ2v) is 8.36. The van der Waals surface area contributed by atoms with Crippen LogP contribution in [0.3, 0.4) is 0 Å². The smallest absolute Gasteiger partial charge is 0.293 e. The van der Waals surface area contributed by atoms with Crippen molar-refractivity contribution in [2.75, 3.05) is 23.8 Å². The number of anilines is 1. The van der Waals surface area contributed by atoms with Crippen molar-refractivity contribution in [2.45, 2.75) is 17.7 Å². The van der Waals surface area contributed by atoms with Gasteiger partial charge in [0.05, 0.1) is 16.4 Å². The minimum Gasteiger partial charge on any atom is -0.392 e. The van der Waals surface area contributed by atoms with E-state index in [1.54, 1.807) is 0 Å². The summed E-state index contributed by atoms with van der Waals surface area (Å²) in [5.74, 6) is -1.97. The van der Waals surface area contributed by atoms with Crippen molar-refractivity contribution in [3.63, 3.8) is 0 Å². The molecule has 0 amide bonds. The largest absolute Gasteiger partial charge is 0.392 e. The molecule has 23 heavy (non-hydrogen) atoms. The summed E-state index contributed by atoms with van der Waals surface area (Å²) in [6.45, 7) is 0.265. The molecule has 0 aromatic heterocycles. The number of rotatable bonds is 8. The Kier molecular flexibility index (Phi) is 6.04. The molecule has 0 aliphatic carbocycles. The fraction of sp³-hybridized carbons (Fsp3) is 0.455. The lowest BCUT2D eigenvalue weighted by Crippen LogP contribution is -2.20. The van der Waals surface area contributed by atoms with Crippen LogP contribution in [0.5, 0.6) is 0 Å². The fourth-order valence-electron chi connectivity index (χ4n) is 1.97. The van der Waals surface area contributed by atoms with Crippen LogP contribution in [0.25, 0.3) is 0 Å². The number of benzene rings is 1. The third-order valence-corrected chi connectivity index (χ3v) is 5.85. The maximum absolute atomic E-state index is 12.3. The van der Waals surface area contributed by atoms with Gasteiger partial charge in [0.2, 0.25) is 0 Å². The second-order valence-electron chi connectivity index (χ2n) is 4.74. The van der Waals surface area contributed by atoms with Gasteiger partial charge >= 0.3 is 0 Å². The Morgan fingerprint density at radius 1 is 1.17 bits per heavy atom. The molecule has 0 aliphatic rings. The molecule has 0 unspecified atom stereocenters. The Morgan fingerprint density at radius 2 is 1.78 bits per heavy atom.